The van der Waals surface area contributed by atoms with Crippen LogP contribution < -0.4 is 5.32 Å². The molecule has 0 aliphatic carbocycles. The molecule has 5 heteroatoms. The van der Waals surface area contributed by atoms with Crippen LogP contribution in [-0.2, 0) is 20.3 Å². The number of hydrogen-bond acceptors (Lipinski definition) is 4. The van der Waals surface area contributed by atoms with E-state index in [0.29, 0.717) is 25.3 Å². The number of nitrogens with one attached hydrogen (secondary N) is 1. The zero-order chi connectivity index (χ0) is 10.8. The van der Waals surface area contributed by atoms with Gasteiger partial charge >= 0.3 is 5.97 Å². The third-order valence-electron chi connectivity index (χ3n) is 1.60. The van der Waals surface area contributed by atoms with Crippen LogP contribution in [0.15, 0.2) is 0 Å². The first-order chi connectivity index (χ1) is 6.66. The number of carbonyl (C=O) groups is 1. The fraction of sp³-hybridized carbons (Fsp3) is 0.889. The highest BCUT2D eigenvalue weighted by atomic mass is 32.2. The summed E-state index contributed by atoms with van der Waals surface area (Å²) in [6, 6.07) is 0. The Morgan fingerprint density at radius 2 is 2.14 bits per heavy atom. The quantitative estimate of drug-likeness (QED) is 0.473. The Hall–Kier alpha value is -0.420. The van der Waals surface area contributed by atoms with Crippen molar-refractivity contribution in [2.24, 2.45) is 0 Å². The molecule has 1 unspecified atom stereocenters. The average molecular weight is 221 g/mol. The van der Waals surface area contributed by atoms with Crippen molar-refractivity contribution in [1.29, 1.82) is 0 Å². The molecule has 1 atom stereocenters. The summed E-state index contributed by atoms with van der Waals surface area (Å²) >= 11 is 0. The first-order valence-electron chi connectivity index (χ1n) is 4.83. The van der Waals surface area contributed by atoms with E-state index in [1.54, 1.807) is 13.2 Å². The van der Waals surface area contributed by atoms with Crippen LogP contribution in [0.2, 0.25) is 0 Å². The molecule has 0 aliphatic rings. The molecule has 4 nitrogen and oxygen atoms in total. The molecular formula is C9H19NO3S. The Morgan fingerprint density at radius 1 is 1.43 bits per heavy atom. The SMILES string of the molecule is CCOC(=O)CCNCCCS(C)=O. The van der Waals surface area contributed by atoms with Gasteiger partial charge in [0.1, 0.15) is 0 Å². The van der Waals surface area contributed by atoms with Crippen molar-refractivity contribution >= 4 is 16.8 Å². The van der Waals surface area contributed by atoms with Gasteiger partial charge in [0.2, 0.25) is 0 Å². The zero-order valence-corrected chi connectivity index (χ0v) is 9.69. The predicted molar refractivity (Wildman–Crippen MR) is 57.7 cm³/mol. The smallest absolute Gasteiger partial charge is 0.307 e. The second-order valence-corrected chi connectivity index (χ2v) is 4.49. The number of esters is 1. The Labute approximate surface area is 87.9 Å². The summed E-state index contributed by atoms with van der Waals surface area (Å²) in [6.07, 6.45) is 2.98. The lowest BCUT2D eigenvalue weighted by atomic mass is 10.4. The van der Waals surface area contributed by atoms with Crippen LogP contribution in [0, 0.1) is 0 Å². The van der Waals surface area contributed by atoms with Gasteiger partial charge in [0.25, 0.3) is 0 Å². The van der Waals surface area contributed by atoms with Crippen molar-refractivity contribution in [2.45, 2.75) is 19.8 Å². The van der Waals surface area contributed by atoms with Gasteiger partial charge in [-0.15, -0.1) is 0 Å². The molecule has 0 amide bonds. The predicted octanol–water partition coefficient (Wildman–Crippen LogP) is 0.298. The second kappa shape index (κ2) is 9.15. The molecule has 0 aromatic heterocycles. The molecule has 0 rings (SSSR count). The molecule has 0 bridgehead atoms. The lowest BCUT2D eigenvalue weighted by Gasteiger charge is -2.03. The van der Waals surface area contributed by atoms with E-state index in [4.69, 9.17) is 4.74 Å². The van der Waals surface area contributed by atoms with E-state index in [1.165, 1.54) is 0 Å². The average Bonchev–Trinajstić information content (AvgIpc) is 2.11. The number of ether oxygens (including phenoxy) is 1. The maximum atomic E-state index is 10.9. The maximum Gasteiger partial charge on any atom is 0.307 e. The van der Waals surface area contributed by atoms with Gasteiger partial charge in [0, 0.05) is 29.4 Å². The van der Waals surface area contributed by atoms with Gasteiger partial charge in [-0.05, 0) is 19.9 Å². The zero-order valence-electron chi connectivity index (χ0n) is 8.88. The number of hydrogen-bond donors (Lipinski definition) is 1. The first-order valence-corrected chi connectivity index (χ1v) is 6.56. The van der Waals surface area contributed by atoms with Gasteiger partial charge in [-0.2, -0.15) is 0 Å². The minimum absolute atomic E-state index is 0.168. The molecule has 0 radical (unpaired) electrons. The monoisotopic (exact) mass is 221 g/mol. The molecular weight excluding hydrogens is 202 g/mol. The molecule has 0 saturated carbocycles. The minimum Gasteiger partial charge on any atom is -0.466 e. The highest BCUT2D eigenvalue weighted by Gasteiger charge is 1.99. The fourth-order valence-electron chi connectivity index (χ4n) is 0.949. The molecule has 0 fully saturated rings. The molecule has 0 aliphatic heterocycles. The Kier molecular flexibility index (Phi) is 8.87. The van der Waals surface area contributed by atoms with Gasteiger partial charge in [-0.1, -0.05) is 0 Å². The van der Waals surface area contributed by atoms with Gasteiger partial charge < -0.3 is 10.1 Å². The number of carbonyl (C=O) groups excluding carboxylic acids is 1. The van der Waals surface area contributed by atoms with Crippen LogP contribution in [0.3, 0.4) is 0 Å². The van der Waals surface area contributed by atoms with Gasteiger partial charge in [0.15, 0.2) is 0 Å². The standard InChI is InChI=1S/C9H19NO3S/c1-3-13-9(11)5-7-10-6-4-8-14(2)12/h10H,3-8H2,1-2H3. The largest absolute Gasteiger partial charge is 0.466 e. The Morgan fingerprint density at radius 3 is 2.71 bits per heavy atom. The maximum absolute atomic E-state index is 10.9. The van der Waals surface area contributed by atoms with Gasteiger partial charge in [0.05, 0.1) is 13.0 Å². The highest BCUT2D eigenvalue weighted by Crippen LogP contribution is 1.85. The first kappa shape index (κ1) is 13.6. The van der Waals surface area contributed by atoms with E-state index in [0.717, 1.165) is 13.0 Å². The topological polar surface area (TPSA) is 55.4 Å². The Balaban J connectivity index is 3.13. The lowest BCUT2D eigenvalue weighted by Crippen LogP contribution is -2.21. The van der Waals surface area contributed by atoms with Crippen LogP contribution in [0.1, 0.15) is 19.8 Å². The molecule has 1 N–H and O–H groups in total. The van der Waals surface area contributed by atoms with Gasteiger partial charge in [-0.3, -0.25) is 9.00 Å². The summed E-state index contributed by atoms with van der Waals surface area (Å²) in [5, 5.41) is 3.09. The molecule has 0 aromatic carbocycles. The third kappa shape index (κ3) is 9.67. The summed E-state index contributed by atoms with van der Waals surface area (Å²) in [5.74, 6) is 0.547. The summed E-state index contributed by atoms with van der Waals surface area (Å²) in [6.45, 7) is 3.67. The molecule has 84 valence electrons. The van der Waals surface area contributed by atoms with E-state index in [-0.39, 0.29) is 5.97 Å². The lowest BCUT2D eigenvalue weighted by molar-refractivity contribution is -0.142. The van der Waals surface area contributed by atoms with Crippen molar-refractivity contribution < 1.29 is 13.7 Å². The molecule has 14 heavy (non-hydrogen) atoms. The third-order valence-corrected chi connectivity index (χ3v) is 2.46. The summed E-state index contributed by atoms with van der Waals surface area (Å²) in [7, 11) is -0.714. The van der Waals surface area contributed by atoms with E-state index in [1.807, 2.05) is 0 Å². The van der Waals surface area contributed by atoms with Crippen molar-refractivity contribution in [2.75, 3.05) is 31.7 Å². The highest BCUT2D eigenvalue weighted by molar-refractivity contribution is 7.84. The van der Waals surface area contributed by atoms with E-state index in [2.05, 4.69) is 5.32 Å². The summed E-state index contributed by atoms with van der Waals surface area (Å²) in [4.78, 5) is 10.9. The molecule has 0 saturated heterocycles. The Bertz CT molecular complexity index is 185. The van der Waals surface area contributed by atoms with Gasteiger partial charge in [-0.25, -0.2) is 0 Å². The van der Waals surface area contributed by atoms with Crippen LogP contribution in [0.5, 0.6) is 0 Å². The normalized spacial score (nSPS) is 12.4. The van der Waals surface area contributed by atoms with Crippen LogP contribution in [0.4, 0.5) is 0 Å². The van der Waals surface area contributed by atoms with Crippen LogP contribution in [0.25, 0.3) is 0 Å². The van der Waals surface area contributed by atoms with E-state index < -0.39 is 10.8 Å². The molecule has 0 spiro atoms. The van der Waals surface area contributed by atoms with Crippen LogP contribution >= 0.6 is 0 Å². The molecule has 0 heterocycles. The van der Waals surface area contributed by atoms with E-state index >= 15 is 0 Å². The minimum atomic E-state index is -0.714. The second-order valence-electron chi connectivity index (χ2n) is 2.94. The fourth-order valence-corrected chi connectivity index (χ4v) is 1.50. The van der Waals surface area contributed by atoms with Crippen molar-refractivity contribution in [1.82, 2.24) is 5.32 Å². The number of rotatable bonds is 8. The van der Waals surface area contributed by atoms with Crippen molar-refractivity contribution in [3.05, 3.63) is 0 Å². The molecule has 0 aromatic rings. The summed E-state index contributed by atoms with van der Waals surface area (Å²) < 4.78 is 15.4. The van der Waals surface area contributed by atoms with Crippen molar-refractivity contribution in [3.8, 4) is 0 Å². The van der Waals surface area contributed by atoms with Crippen molar-refractivity contribution in [3.63, 3.8) is 0 Å². The summed E-state index contributed by atoms with van der Waals surface area (Å²) in [5.41, 5.74) is 0. The van der Waals surface area contributed by atoms with E-state index in [9.17, 15) is 9.00 Å². The van der Waals surface area contributed by atoms with Crippen LogP contribution in [-0.4, -0.2) is 41.9 Å².